The molecule has 0 N–H and O–H groups in total. The van der Waals surface area contributed by atoms with E-state index in [9.17, 15) is 9.70 Å². The van der Waals surface area contributed by atoms with E-state index >= 15 is 0 Å². The minimum atomic E-state index is -0.727. The van der Waals surface area contributed by atoms with E-state index in [-0.39, 0.29) is 5.78 Å². The van der Waals surface area contributed by atoms with E-state index in [1.54, 1.807) is 6.21 Å². The van der Waals surface area contributed by atoms with Crippen molar-refractivity contribution in [2.75, 3.05) is 6.61 Å². The first-order valence-corrected chi connectivity index (χ1v) is 12.9. The second kappa shape index (κ2) is 13.9. The van der Waals surface area contributed by atoms with Gasteiger partial charge in [0, 0.05) is 23.6 Å². The number of carbonyl (C=O) groups excluding carboxylic acids is 1. The molecule has 0 radical (unpaired) electrons. The zero-order valence-electron chi connectivity index (χ0n) is 20.1. The maximum atomic E-state index is 12.5. The molecule has 2 heterocycles. The summed E-state index contributed by atoms with van der Waals surface area (Å²) in [6.07, 6.45) is 21.0. The summed E-state index contributed by atoms with van der Waals surface area (Å²) in [6, 6.07) is 7.01. The van der Waals surface area contributed by atoms with Crippen molar-refractivity contribution in [3.63, 3.8) is 0 Å². The summed E-state index contributed by atoms with van der Waals surface area (Å²) in [5, 5.41) is 0. The second-order valence-corrected chi connectivity index (χ2v) is 9.22. The van der Waals surface area contributed by atoms with Crippen molar-refractivity contribution in [3.8, 4) is 5.75 Å². The fourth-order valence-corrected chi connectivity index (χ4v) is 4.42. The lowest BCUT2D eigenvalue weighted by molar-refractivity contribution is -0.521. The van der Waals surface area contributed by atoms with Gasteiger partial charge in [-0.25, -0.2) is 0 Å². The van der Waals surface area contributed by atoms with Crippen LogP contribution in [-0.2, 0) is 11.2 Å². The molecule has 0 aliphatic carbocycles. The molecule has 178 valence electrons. The molecule has 1 atom stereocenters. The van der Waals surface area contributed by atoms with Crippen LogP contribution in [0.3, 0.4) is 0 Å². The summed E-state index contributed by atoms with van der Waals surface area (Å²) in [7, 11) is 0. The molecular formula is C28H39N2O3+. The molecule has 1 aromatic carbocycles. The first kappa shape index (κ1) is 25.1. The standard InChI is InChI=1S/C28H39N2O3/c1-2-3-4-5-6-7-8-9-10-11-12-13-18-33-25-16-14-23(15-17-25)19-26-28(31)20-24-21-29-22-27(24)30(26)32/h14-17,20-22,26H,2-13,18-19H2,1H3/q+1. The number of allylic oxidation sites excluding steroid dienone is 1. The average Bonchev–Trinajstić information content (AvgIpc) is 3.29. The van der Waals surface area contributed by atoms with E-state index in [1.807, 2.05) is 24.3 Å². The van der Waals surface area contributed by atoms with Crippen LogP contribution < -0.4 is 4.74 Å². The molecule has 0 fully saturated rings. The quantitative estimate of drug-likeness (QED) is 0.203. The van der Waals surface area contributed by atoms with Gasteiger partial charge in [-0.05, 0) is 24.1 Å². The Morgan fingerprint density at radius 1 is 0.879 bits per heavy atom. The molecule has 5 nitrogen and oxygen atoms in total. The van der Waals surface area contributed by atoms with Crippen LogP contribution in [0.1, 0.15) is 89.5 Å². The molecule has 0 saturated carbocycles. The number of ketones is 1. The molecule has 0 bridgehead atoms. The van der Waals surface area contributed by atoms with Crippen molar-refractivity contribution in [2.24, 2.45) is 4.99 Å². The second-order valence-electron chi connectivity index (χ2n) is 9.22. The van der Waals surface area contributed by atoms with E-state index in [0.29, 0.717) is 17.7 Å². The topological polar surface area (TPSA) is 58.7 Å². The predicted octanol–water partition coefficient (Wildman–Crippen LogP) is 6.89. The number of benzene rings is 1. The number of unbranched alkanes of at least 4 members (excludes halogenated alkanes) is 11. The molecule has 0 spiro atoms. The Kier molecular flexibility index (Phi) is 10.5. The van der Waals surface area contributed by atoms with Gasteiger partial charge >= 0.3 is 0 Å². The van der Waals surface area contributed by atoms with Crippen molar-refractivity contribution < 1.29 is 14.3 Å². The lowest BCUT2D eigenvalue weighted by Gasteiger charge is -2.12. The highest BCUT2D eigenvalue weighted by molar-refractivity contribution is 6.03. The summed E-state index contributed by atoms with van der Waals surface area (Å²) in [5.74, 6) is 0.669. The maximum absolute atomic E-state index is 12.5. The van der Waals surface area contributed by atoms with Crippen molar-refractivity contribution in [1.29, 1.82) is 0 Å². The Bertz CT molecular complexity index is 868. The minimum Gasteiger partial charge on any atom is -0.494 e. The minimum absolute atomic E-state index is 0.169. The van der Waals surface area contributed by atoms with Gasteiger partial charge in [0.1, 0.15) is 11.9 Å². The van der Waals surface area contributed by atoms with Crippen LogP contribution >= 0.6 is 0 Å². The fourth-order valence-electron chi connectivity index (χ4n) is 4.42. The predicted molar refractivity (Wildman–Crippen MR) is 134 cm³/mol. The number of ether oxygens (including phenoxy) is 1. The van der Waals surface area contributed by atoms with Gasteiger partial charge in [-0.15, -0.1) is 0 Å². The number of nitroso groups, excluding NO2 is 1. The van der Waals surface area contributed by atoms with Gasteiger partial charge in [0.05, 0.1) is 16.9 Å². The molecule has 3 rings (SSSR count). The lowest BCUT2D eigenvalue weighted by atomic mass is 9.96. The van der Waals surface area contributed by atoms with Gasteiger partial charge in [0.2, 0.25) is 5.78 Å². The zero-order valence-corrected chi connectivity index (χ0v) is 20.1. The number of hydrogen-bond acceptors (Lipinski definition) is 4. The number of rotatable bonds is 16. The lowest BCUT2D eigenvalue weighted by Crippen LogP contribution is -2.37. The van der Waals surface area contributed by atoms with Crippen LogP contribution in [-0.4, -0.2) is 29.4 Å². The summed E-state index contributed by atoms with van der Waals surface area (Å²) in [4.78, 5) is 28.8. The smallest absolute Gasteiger partial charge is 0.283 e. The van der Waals surface area contributed by atoms with Gasteiger partial charge < -0.3 is 4.74 Å². The largest absolute Gasteiger partial charge is 0.494 e. The number of hydrogen-bond donors (Lipinski definition) is 0. The highest BCUT2D eigenvalue weighted by Gasteiger charge is 2.42. The van der Waals surface area contributed by atoms with Gasteiger partial charge in [-0.2, -0.15) is 0 Å². The monoisotopic (exact) mass is 451 g/mol. The number of nitrogens with zero attached hydrogens (tertiary/aromatic N) is 2. The van der Waals surface area contributed by atoms with E-state index < -0.39 is 6.04 Å². The molecule has 5 heteroatoms. The first-order chi connectivity index (χ1) is 16.2. The van der Waals surface area contributed by atoms with Crippen molar-refractivity contribution in [2.45, 2.75) is 96.4 Å². The molecule has 0 saturated heterocycles. The maximum Gasteiger partial charge on any atom is 0.283 e. The number of fused-ring (bicyclic) bond motifs is 1. The van der Waals surface area contributed by atoms with Crippen LogP contribution in [0.2, 0.25) is 0 Å². The molecule has 0 amide bonds. The third-order valence-corrected chi connectivity index (χ3v) is 6.47. The van der Waals surface area contributed by atoms with Crippen LogP contribution in [0.4, 0.5) is 0 Å². The molecule has 0 aromatic heterocycles. The molecule has 2 aliphatic heterocycles. The molecule has 1 unspecified atom stereocenters. The van der Waals surface area contributed by atoms with Gasteiger partial charge in [-0.1, -0.05) is 89.7 Å². The van der Waals surface area contributed by atoms with Crippen LogP contribution in [0, 0.1) is 4.91 Å². The Morgan fingerprint density at radius 3 is 2.12 bits per heavy atom. The third kappa shape index (κ3) is 8.06. The molecule has 2 aliphatic rings. The van der Waals surface area contributed by atoms with Gasteiger partial charge in [0.15, 0.2) is 0 Å². The third-order valence-electron chi connectivity index (χ3n) is 6.47. The van der Waals surface area contributed by atoms with E-state index in [2.05, 4.69) is 11.9 Å². The fraction of sp³-hybridized carbons (Fsp3) is 0.571. The Balaban J connectivity index is 1.25. The van der Waals surface area contributed by atoms with Crippen LogP contribution in [0.25, 0.3) is 0 Å². The van der Waals surface area contributed by atoms with Crippen molar-refractivity contribution in [3.05, 3.63) is 58.3 Å². The zero-order chi connectivity index (χ0) is 23.3. The Morgan fingerprint density at radius 2 is 1.48 bits per heavy atom. The number of aliphatic imine (C=N–C) groups is 1. The molecule has 1 aromatic rings. The van der Waals surface area contributed by atoms with Crippen LogP contribution in [0.5, 0.6) is 5.75 Å². The van der Waals surface area contributed by atoms with E-state index in [0.717, 1.165) is 29.1 Å². The first-order valence-electron chi connectivity index (χ1n) is 12.9. The Hall–Kier alpha value is -2.56. The summed E-state index contributed by atoms with van der Waals surface area (Å²) >= 11 is 0. The summed E-state index contributed by atoms with van der Waals surface area (Å²) in [6.45, 7) is 3.00. The van der Waals surface area contributed by atoms with E-state index in [4.69, 9.17) is 4.74 Å². The highest BCUT2D eigenvalue weighted by atomic mass is 16.5. The Labute approximate surface area is 198 Å². The number of carbonyl (C=O) groups is 1. The van der Waals surface area contributed by atoms with Crippen molar-refractivity contribution in [1.82, 2.24) is 0 Å². The summed E-state index contributed by atoms with van der Waals surface area (Å²) in [5.41, 5.74) is 2.03. The van der Waals surface area contributed by atoms with Gasteiger partial charge in [0.25, 0.3) is 11.7 Å². The molecule has 33 heavy (non-hydrogen) atoms. The SMILES string of the molecule is CCCCCCCCCCCCCCOc1ccc(CC2C(=O)C=C3C=NC=C3[N+]2=O)cc1. The normalized spacial score (nSPS) is 17.2. The average molecular weight is 452 g/mol. The van der Waals surface area contributed by atoms with Gasteiger partial charge in [-0.3, -0.25) is 9.79 Å². The summed E-state index contributed by atoms with van der Waals surface area (Å²) < 4.78 is 6.66. The van der Waals surface area contributed by atoms with Crippen LogP contribution in [0.15, 0.2) is 52.8 Å². The highest BCUT2D eigenvalue weighted by Crippen LogP contribution is 2.25. The van der Waals surface area contributed by atoms with E-state index in [1.165, 1.54) is 82.9 Å². The van der Waals surface area contributed by atoms with Crippen molar-refractivity contribution >= 4 is 12.0 Å². The molecular weight excluding hydrogens is 412 g/mol.